The van der Waals surface area contributed by atoms with Gasteiger partial charge in [-0.3, -0.25) is 29.9 Å². The Balaban J connectivity index is 0.000000191. The summed E-state index contributed by atoms with van der Waals surface area (Å²) in [4.78, 5) is 43.2. The summed E-state index contributed by atoms with van der Waals surface area (Å²) < 4.78 is 0. The molecule has 0 spiro atoms. The van der Waals surface area contributed by atoms with Gasteiger partial charge in [-0.2, -0.15) is 0 Å². The number of nitrogens with one attached hydrogen (secondary N) is 3. The maximum atomic E-state index is 10.9. The van der Waals surface area contributed by atoms with Gasteiger partial charge in [-0.15, -0.1) is 6.58 Å². The molecule has 2 rings (SSSR count). The van der Waals surface area contributed by atoms with E-state index in [0.717, 1.165) is 0 Å². The van der Waals surface area contributed by atoms with Gasteiger partial charge >= 0.3 is 6.03 Å². The lowest BCUT2D eigenvalue weighted by atomic mass is 10.3. The van der Waals surface area contributed by atoms with Gasteiger partial charge in [0.25, 0.3) is 0 Å². The third kappa shape index (κ3) is 4.47. The lowest BCUT2D eigenvalue weighted by Gasteiger charge is -2.10. The van der Waals surface area contributed by atoms with Crippen molar-refractivity contribution in [2.75, 3.05) is 13.1 Å². The summed E-state index contributed by atoms with van der Waals surface area (Å²) in [6.07, 6.45) is 1.39. The van der Waals surface area contributed by atoms with Gasteiger partial charge in [0.15, 0.2) is 5.11 Å². The van der Waals surface area contributed by atoms with E-state index in [-0.39, 0.29) is 12.3 Å². The van der Waals surface area contributed by atoms with Crippen LogP contribution in [-0.4, -0.2) is 46.9 Å². The molecule has 0 atom stereocenters. The van der Waals surface area contributed by atoms with E-state index in [4.69, 9.17) is 12.2 Å². The first kappa shape index (κ1) is 14.8. The van der Waals surface area contributed by atoms with Gasteiger partial charge in [-0.25, -0.2) is 4.79 Å². The molecule has 0 aromatic rings. The molecule has 2 heterocycles. The van der Waals surface area contributed by atoms with Crippen LogP contribution in [0.5, 0.6) is 0 Å². The average molecular weight is 284 g/mol. The van der Waals surface area contributed by atoms with E-state index < -0.39 is 17.8 Å². The van der Waals surface area contributed by atoms with Crippen LogP contribution >= 0.6 is 12.2 Å². The average Bonchev–Trinajstić information content (AvgIpc) is 2.60. The van der Waals surface area contributed by atoms with Gasteiger partial charge < -0.3 is 5.32 Å². The highest BCUT2D eigenvalue weighted by atomic mass is 32.1. The normalized spacial score (nSPS) is 18.1. The standard InChI is InChI=1S/C6H8N2OS.C4H4N2O3/c1-2-3-8-5(9)4-7-6(8)10;7-2-1-3(8)6-4(9)5-2/h2H,1,3-4H2,(H,7,10);1H2,(H2,5,6,7,8,9). The molecule has 0 saturated carbocycles. The van der Waals surface area contributed by atoms with Crippen LogP contribution in [0.2, 0.25) is 0 Å². The van der Waals surface area contributed by atoms with Crippen molar-refractivity contribution in [3.63, 3.8) is 0 Å². The van der Waals surface area contributed by atoms with Crippen LogP contribution < -0.4 is 16.0 Å². The molecule has 0 aromatic carbocycles. The van der Waals surface area contributed by atoms with Crippen molar-refractivity contribution in [3.05, 3.63) is 12.7 Å². The van der Waals surface area contributed by atoms with Gasteiger partial charge in [-0.05, 0) is 12.2 Å². The maximum absolute atomic E-state index is 10.9. The van der Waals surface area contributed by atoms with Crippen molar-refractivity contribution < 1.29 is 19.2 Å². The zero-order valence-electron chi connectivity index (χ0n) is 9.89. The van der Waals surface area contributed by atoms with Gasteiger partial charge in [0.2, 0.25) is 17.7 Å². The van der Waals surface area contributed by atoms with E-state index in [0.29, 0.717) is 18.2 Å². The van der Waals surface area contributed by atoms with Crippen LogP contribution in [-0.2, 0) is 14.4 Å². The quantitative estimate of drug-likeness (QED) is 0.328. The van der Waals surface area contributed by atoms with Crippen molar-refractivity contribution in [3.8, 4) is 0 Å². The second-order valence-electron chi connectivity index (χ2n) is 3.55. The Bertz CT molecular complexity index is 401. The van der Waals surface area contributed by atoms with Gasteiger partial charge in [0.1, 0.15) is 6.42 Å². The summed E-state index contributed by atoms with van der Waals surface area (Å²) in [7, 11) is 0. The summed E-state index contributed by atoms with van der Waals surface area (Å²) in [5.41, 5.74) is 0. The predicted octanol–water partition coefficient (Wildman–Crippen LogP) is -1.37. The van der Waals surface area contributed by atoms with Crippen LogP contribution in [0.15, 0.2) is 12.7 Å². The topological polar surface area (TPSA) is 108 Å². The van der Waals surface area contributed by atoms with E-state index in [1.165, 1.54) is 4.90 Å². The second-order valence-corrected chi connectivity index (χ2v) is 3.94. The molecule has 0 radical (unpaired) electrons. The smallest absolute Gasteiger partial charge is 0.328 e. The Labute approximate surface area is 114 Å². The number of barbiturate groups is 1. The summed E-state index contributed by atoms with van der Waals surface area (Å²) in [6.45, 7) is 4.34. The highest BCUT2D eigenvalue weighted by Gasteiger charge is 2.23. The molecule has 19 heavy (non-hydrogen) atoms. The number of carbonyl (C=O) groups is 4. The summed E-state index contributed by atoms with van der Waals surface area (Å²) in [5, 5.41) is 7.07. The number of thiocarbonyl (C=S) groups is 1. The van der Waals surface area contributed by atoms with Gasteiger partial charge in [0, 0.05) is 6.54 Å². The predicted molar refractivity (Wildman–Crippen MR) is 68.8 cm³/mol. The molecule has 2 fully saturated rings. The molecule has 0 bridgehead atoms. The van der Waals surface area contributed by atoms with Crippen molar-refractivity contribution in [1.29, 1.82) is 0 Å². The highest BCUT2D eigenvalue weighted by Crippen LogP contribution is 1.97. The molecule has 2 aliphatic heterocycles. The van der Waals surface area contributed by atoms with E-state index in [1.807, 2.05) is 10.6 Å². The molecule has 3 N–H and O–H groups in total. The fourth-order valence-electron chi connectivity index (χ4n) is 1.29. The molecule has 0 aromatic heterocycles. The largest absolute Gasteiger partial charge is 0.353 e. The summed E-state index contributed by atoms with van der Waals surface area (Å²) in [6, 6.07) is -0.740. The number of hydrogen-bond acceptors (Lipinski definition) is 5. The van der Waals surface area contributed by atoms with E-state index in [9.17, 15) is 19.2 Å². The van der Waals surface area contributed by atoms with Crippen LogP contribution in [0.25, 0.3) is 0 Å². The Kier molecular flexibility index (Phi) is 5.12. The Morgan fingerprint density at radius 1 is 1.21 bits per heavy atom. The third-order valence-electron chi connectivity index (χ3n) is 2.08. The monoisotopic (exact) mass is 284 g/mol. The van der Waals surface area contributed by atoms with Gasteiger partial charge in [-0.1, -0.05) is 6.08 Å². The van der Waals surface area contributed by atoms with Crippen molar-refractivity contribution in [1.82, 2.24) is 20.9 Å². The SMILES string of the molecule is C=CCN1C(=O)CNC1=S.O=C1CC(=O)NC(=O)N1. The first-order valence-corrected chi connectivity index (χ1v) is 5.67. The highest BCUT2D eigenvalue weighted by molar-refractivity contribution is 7.80. The molecule has 9 heteroatoms. The lowest BCUT2D eigenvalue weighted by Crippen LogP contribution is -2.49. The van der Waals surface area contributed by atoms with Crippen molar-refractivity contribution >= 4 is 41.1 Å². The van der Waals surface area contributed by atoms with Crippen LogP contribution in [0, 0.1) is 0 Å². The Morgan fingerprint density at radius 2 is 1.79 bits per heavy atom. The van der Waals surface area contributed by atoms with E-state index in [2.05, 4.69) is 11.9 Å². The van der Waals surface area contributed by atoms with Crippen molar-refractivity contribution in [2.45, 2.75) is 6.42 Å². The van der Waals surface area contributed by atoms with Gasteiger partial charge in [0.05, 0.1) is 6.54 Å². The Morgan fingerprint density at radius 3 is 2.16 bits per heavy atom. The molecule has 0 unspecified atom stereocenters. The van der Waals surface area contributed by atoms with Crippen LogP contribution in [0.3, 0.4) is 0 Å². The number of imide groups is 2. The number of rotatable bonds is 2. The molecule has 0 aliphatic carbocycles. The second kappa shape index (κ2) is 6.59. The minimum atomic E-state index is -0.740. The minimum Gasteiger partial charge on any atom is -0.353 e. The van der Waals surface area contributed by atoms with E-state index in [1.54, 1.807) is 6.08 Å². The molecular weight excluding hydrogens is 272 g/mol. The van der Waals surface area contributed by atoms with Crippen molar-refractivity contribution in [2.24, 2.45) is 0 Å². The third-order valence-corrected chi connectivity index (χ3v) is 2.44. The summed E-state index contributed by atoms with van der Waals surface area (Å²) >= 11 is 4.83. The number of amides is 5. The van der Waals surface area contributed by atoms with Crippen LogP contribution in [0.4, 0.5) is 4.79 Å². The molecular formula is C10H12N4O4S. The lowest BCUT2D eigenvalue weighted by molar-refractivity contribution is -0.130. The fourth-order valence-corrected chi connectivity index (χ4v) is 1.54. The first-order valence-electron chi connectivity index (χ1n) is 5.26. The molecule has 2 aliphatic rings. The number of carbonyl (C=O) groups excluding carboxylic acids is 4. The number of hydrogen-bond donors (Lipinski definition) is 3. The number of urea groups is 1. The summed E-state index contributed by atoms with van der Waals surface area (Å²) in [5.74, 6) is -1.09. The maximum Gasteiger partial charge on any atom is 0.328 e. The fraction of sp³-hybridized carbons (Fsp3) is 0.300. The molecule has 102 valence electrons. The molecule has 8 nitrogen and oxygen atoms in total. The zero-order chi connectivity index (χ0) is 14.4. The Hall–Kier alpha value is -2.29. The molecule has 2 saturated heterocycles. The number of nitrogens with zero attached hydrogens (tertiary/aromatic N) is 1. The van der Waals surface area contributed by atoms with E-state index >= 15 is 0 Å². The molecule has 5 amide bonds. The first-order chi connectivity index (χ1) is 8.93. The minimum absolute atomic E-state index is 0.0184. The van der Waals surface area contributed by atoms with Crippen LogP contribution in [0.1, 0.15) is 6.42 Å². The zero-order valence-corrected chi connectivity index (χ0v) is 10.7.